The second-order valence-corrected chi connectivity index (χ2v) is 6.24. The van der Waals surface area contributed by atoms with Gasteiger partial charge in [0.05, 0.1) is 10.5 Å². The summed E-state index contributed by atoms with van der Waals surface area (Å²) in [5.74, 6) is -0.884. The zero-order chi connectivity index (χ0) is 15.6. The first-order valence-electron chi connectivity index (χ1n) is 7.07. The maximum Gasteiger partial charge on any atom is 0.311 e. The van der Waals surface area contributed by atoms with Crippen LogP contribution >= 0.6 is 0 Å². The van der Waals surface area contributed by atoms with Crippen LogP contribution in [0.4, 0.5) is 5.69 Å². The Hall–Kier alpha value is -2.11. The molecular formula is C15H20N2O4. The number of rotatable bonds is 2. The Labute approximate surface area is 123 Å². The highest BCUT2D eigenvalue weighted by Gasteiger charge is 2.28. The van der Waals surface area contributed by atoms with Crippen LogP contribution in [-0.2, 0) is 0 Å². The van der Waals surface area contributed by atoms with E-state index in [1.54, 1.807) is 4.90 Å². The molecule has 114 valence electrons. The monoisotopic (exact) mass is 292 g/mol. The van der Waals surface area contributed by atoms with E-state index in [1.165, 1.54) is 18.2 Å². The van der Waals surface area contributed by atoms with Crippen LogP contribution in [0.1, 0.15) is 43.5 Å². The van der Waals surface area contributed by atoms with Gasteiger partial charge >= 0.3 is 5.69 Å². The first-order valence-corrected chi connectivity index (χ1v) is 7.07. The van der Waals surface area contributed by atoms with Crippen molar-refractivity contribution in [3.05, 3.63) is 33.9 Å². The number of hydrogen-bond acceptors (Lipinski definition) is 4. The van der Waals surface area contributed by atoms with Gasteiger partial charge in [-0.3, -0.25) is 14.9 Å². The Balaban J connectivity index is 2.24. The van der Waals surface area contributed by atoms with Crippen molar-refractivity contribution in [2.45, 2.75) is 33.1 Å². The fourth-order valence-electron chi connectivity index (χ4n) is 2.65. The Kier molecular flexibility index (Phi) is 4.16. The molecule has 0 bridgehead atoms. The summed E-state index contributed by atoms with van der Waals surface area (Å²) in [4.78, 5) is 24.3. The topological polar surface area (TPSA) is 83.7 Å². The molecule has 0 spiro atoms. The minimum atomic E-state index is -0.683. The van der Waals surface area contributed by atoms with Crippen molar-refractivity contribution < 1.29 is 14.8 Å². The van der Waals surface area contributed by atoms with Gasteiger partial charge < -0.3 is 10.0 Å². The number of nitro groups is 1. The van der Waals surface area contributed by atoms with E-state index in [0.29, 0.717) is 13.1 Å². The number of hydrogen-bond donors (Lipinski definition) is 1. The van der Waals surface area contributed by atoms with E-state index in [9.17, 15) is 20.0 Å². The molecule has 0 saturated carbocycles. The normalized spacial score (nSPS) is 18.1. The predicted octanol–water partition coefficient (Wildman–Crippen LogP) is 2.95. The second kappa shape index (κ2) is 5.71. The Morgan fingerprint density at radius 2 is 2.05 bits per heavy atom. The van der Waals surface area contributed by atoms with Gasteiger partial charge in [-0.05, 0) is 30.7 Å². The minimum Gasteiger partial charge on any atom is -0.502 e. The first-order chi connectivity index (χ1) is 9.82. The summed E-state index contributed by atoms with van der Waals surface area (Å²) in [7, 11) is 0. The van der Waals surface area contributed by atoms with Gasteiger partial charge in [-0.25, -0.2) is 0 Å². The zero-order valence-corrected chi connectivity index (χ0v) is 12.3. The number of carbonyl (C=O) groups is 1. The van der Waals surface area contributed by atoms with Crippen molar-refractivity contribution in [2.24, 2.45) is 5.41 Å². The molecule has 1 aromatic carbocycles. The van der Waals surface area contributed by atoms with Gasteiger partial charge in [0.2, 0.25) is 5.75 Å². The number of benzene rings is 1. The fraction of sp³-hybridized carbons (Fsp3) is 0.533. The number of nitro benzene ring substituents is 1. The average Bonchev–Trinajstić information content (AvgIpc) is 2.59. The van der Waals surface area contributed by atoms with E-state index >= 15 is 0 Å². The standard InChI is InChI=1S/C15H20N2O4/c1-15(2)7-4-9-16(10-8-15)14(19)11-5-3-6-12(13(11)18)17(20)21/h3,5-6,18H,4,7-10H2,1-2H3. The molecular weight excluding hydrogens is 272 g/mol. The summed E-state index contributed by atoms with van der Waals surface area (Å²) in [6, 6.07) is 4.05. The van der Waals surface area contributed by atoms with Crippen LogP contribution in [0.5, 0.6) is 5.75 Å². The third-order valence-corrected chi connectivity index (χ3v) is 4.07. The molecule has 1 N–H and O–H groups in total. The van der Waals surface area contributed by atoms with Crippen molar-refractivity contribution in [1.82, 2.24) is 4.90 Å². The second-order valence-electron chi connectivity index (χ2n) is 6.24. The Morgan fingerprint density at radius 1 is 1.33 bits per heavy atom. The zero-order valence-electron chi connectivity index (χ0n) is 12.3. The molecule has 1 aliphatic heterocycles. The molecule has 0 atom stereocenters. The largest absolute Gasteiger partial charge is 0.502 e. The highest BCUT2D eigenvalue weighted by molar-refractivity contribution is 5.98. The maximum atomic E-state index is 12.5. The van der Waals surface area contributed by atoms with Gasteiger partial charge in [-0.15, -0.1) is 0 Å². The number of nitrogens with zero attached hydrogens (tertiary/aromatic N) is 2. The highest BCUT2D eigenvalue weighted by Crippen LogP contribution is 2.33. The van der Waals surface area contributed by atoms with Crippen LogP contribution in [0.2, 0.25) is 0 Å². The number of likely N-dealkylation sites (tertiary alicyclic amines) is 1. The maximum absolute atomic E-state index is 12.5. The van der Waals surface area contributed by atoms with Gasteiger partial charge in [0.15, 0.2) is 0 Å². The van der Waals surface area contributed by atoms with Gasteiger partial charge in [0.25, 0.3) is 5.91 Å². The summed E-state index contributed by atoms with van der Waals surface area (Å²) in [6.45, 7) is 5.57. The van der Waals surface area contributed by atoms with Gasteiger partial charge in [0, 0.05) is 19.2 Å². The lowest BCUT2D eigenvalue weighted by atomic mass is 9.85. The van der Waals surface area contributed by atoms with Gasteiger partial charge in [0.1, 0.15) is 0 Å². The molecule has 1 heterocycles. The molecule has 6 heteroatoms. The number of aromatic hydroxyl groups is 1. The third kappa shape index (κ3) is 3.32. The average molecular weight is 292 g/mol. The van der Waals surface area contributed by atoms with Crippen molar-refractivity contribution in [3.63, 3.8) is 0 Å². The lowest BCUT2D eigenvalue weighted by molar-refractivity contribution is -0.385. The van der Waals surface area contributed by atoms with Crippen molar-refractivity contribution >= 4 is 11.6 Å². The number of carbonyl (C=O) groups excluding carboxylic acids is 1. The van der Waals surface area contributed by atoms with Gasteiger partial charge in [-0.2, -0.15) is 0 Å². The van der Waals surface area contributed by atoms with E-state index < -0.39 is 16.4 Å². The summed E-state index contributed by atoms with van der Waals surface area (Å²) in [5.41, 5.74) is -0.236. The van der Waals surface area contributed by atoms with E-state index in [4.69, 9.17) is 0 Å². The predicted molar refractivity (Wildman–Crippen MR) is 78.3 cm³/mol. The number of amides is 1. The van der Waals surface area contributed by atoms with Crippen LogP contribution in [-0.4, -0.2) is 33.9 Å². The van der Waals surface area contributed by atoms with Crippen molar-refractivity contribution in [1.29, 1.82) is 0 Å². The van der Waals surface area contributed by atoms with Crippen LogP contribution in [0, 0.1) is 15.5 Å². The van der Waals surface area contributed by atoms with Crippen molar-refractivity contribution in [2.75, 3.05) is 13.1 Å². The molecule has 1 aromatic rings. The Bertz CT molecular complexity index is 569. The van der Waals surface area contributed by atoms with Crippen LogP contribution in [0.15, 0.2) is 18.2 Å². The molecule has 0 radical (unpaired) electrons. The highest BCUT2D eigenvalue weighted by atomic mass is 16.6. The first kappa shape index (κ1) is 15.3. The molecule has 0 aliphatic carbocycles. The fourth-order valence-corrected chi connectivity index (χ4v) is 2.65. The van der Waals surface area contributed by atoms with E-state index in [2.05, 4.69) is 13.8 Å². The van der Waals surface area contributed by atoms with E-state index in [-0.39, 0.29) is 16.9 Å². The molecule has 0 unspecified atom stereocenters. The van der Waals surface area contributed by atoms with Crippen molar-refractivity contribution in [3.8, 4) is 5.75 Å². The molecule has 1 fully saturated rings. The van der Waals surface area contributed by atoms with Crippen LogP contribution in [0.25, 0.3) is 0 Å². The number of para-hydroxylation sites is 1. The summed E-state index contributed by atoms with van der Waals surface area (Å²) in [6.07, 6.45) is 2.82. The van der Waals surface area contributed by atoms with Crippen LogP contribution < -0.4 is 0 Å². The quantitative estimate of drug-likeness (QED) is 0.671. The van der Waals surface area contributed by atoms with E-state index in [1.807, 2.05) is 0 Å². The number of phenolic OH excluding ortho intramolecular Hbond substituents is 1. The van der Waals surface area contributed by atoms with Gasteiger partial charge in [-0.1, -0.05) is 19.9 Å². The lowest BCUT2D eigenvalue weighted by Gasteiger charge is -2.23. The molecule has 6 nitrogen and oxygen atoms in total. The third-order valence-electron chi connectivity index (χ3n) is 4.07. The summed E-state index contributed by atoms with van der Waals surface area (Å²) in [5, 5.41) is 20.8. The number of phenols is 1. The molecule has 0 aromatic heterocycles. The molecule has 1 amide bonds. The SMILES string of the molecule is CC1(C)CCCN(C(=O)c2cccc([N+](=O)[O-])c2O)CC1. The summed E-state index contributed by atoms with van der Waals surface area (Å²) < 4.78 is 0. The van der Waals surface area contributed by atoms with Crippen LogP contribution in [0.3, 0.4) is 0 Å². The molecule has 21 heavy (non-hydrogen) atoms. The lowest BCUT2D eigenvalue weighted by Crippen LogP contribution is -2.32. The smallest absolute Gasteiger partial charge is 0.311 e. The summed E-state index contributed by atoms with van der Waals surface area (Å²) >= 11 is 0. The minimum absolute atomic E-state index is 0.00362. The molecule has 1 aliphatic rings. The van der Waals surface area contributed by atoms with E-state index in [0.717, 1.165) is 19.3 Å². The Morgan fingerprint density at radius 3 is 2.71 bits per heavy atom. The molecule has 1 saturated heterocycles. The molecule has 2 rings (SSSR count).